The molecule has 182 valence electrons. The molecule has 2 spiro atoms. The molecule has 2 aliphatic heterocycles. The summed E-state index contributed by atoms with van der Waals surface area (Å²) in [5, 5.41) is 9.97. The molecule has 6 rings (SSSR count). The molecule has 0 aromatic heterocycles. The van der Waals surface area contributed by atoms with Gasteiger partial charge in [0, 0.05) is 28.2 Å². The lowest BCUT2D eigenvalue weighted by Gasteiger charge is -2.56. The highest BCUT2D eigenvalue weighted by Crippen LogP contribution is 2.82. The summed E-state index contributed by atoms with van der Waals surface area (Å²) < 4.78 is 13.2. The topological polar surface area (TPSA) is 79.4 Å². The van der Waals surface area contributed by atoms with E-state index in [1.165, 1.54) is 6.08 Å². The number of hydrogen-bond donors (Lipinski definition) is 1. The fourth-order valence-electron chi connectivity index (χ4n) is 9.77. The third kappa shape index (κ3) is 2.51. The first-order valence-corrected chi connectivity index (χ1v) is 13.3. The zero-order valence-electron chi connectivity index (χ0n) is 21.0. The number of epoxide rings is 2. The van der Waals surface area contributed by atoms with Gasteiger partial charge in [-0.05, 0) is 68.3 Å². The molecule has 2 bridgehead atoms. The van der Waals surface area contributed by atoms with E-state index in [-0.39, 0.29) is 34.2 Å². The van der Waals surface area contributed by atoms with Crippen LogP contribution < -0.4 is 0 Å². The van der Waals surface area contributed by atoms with Gasteiger partial charge in [0.25, 0.3) is 0 Å². The molecule has 5 fully saturated rings. The molecule has 0 radical (unpaired) electrons. The Hall–Kier alpha value is -1.20. The van der Waals surface area contributed by atoms with E-state index in [1.807, 2.05) is 0 Å². The first kappa shape index (κ1) is 22.3. The Morgan fingerprint density at radius 1 is 1.09 bits per heavy atom. The quantitative estimate of drug-likeness (QED) is 0.587. The van der Waals surface area contributed by atoms with Crippen LogP contribution in [0.5, 0.6) is 0 Å². The molecule has 1 unspecified atom stereocenters. The number of ether oxygens (including phenoxy) is 2. The maximum Gasteiger partial charge on any atom is 0.332 e. The van der Waals surface area contributed by atoms with Crippen molar-refractivity contribution in [1.29, 1.82) is 0 Å². The Morgan fingerprint density at radius 3 is 2.48 bits per heavy atom. The fourth-order valence-corrected chi connectivity index (χ4v) is 9.77. The summed E-state index contributed by atoms with van der Waals surface area (Å²) in [4.78, 5) is 25.0. The van der Waals surface area contributed by atoms with Gasteiger partial charge in [-0.15, -0.1) is 0 Å². The standard InChI is InChI=1S/C28H40O5/c1-14(2)15(3)22-23(32-22)16(4)18-7-10-28-26(18,6)9-8-21-25(5)12-17(13-27(21,28)33-28)20(29)11-19(25)24(30)31/h11,14-18,21-23H,7-10,12-13H2,1-6H3,(H,30,31)/t15-,16+,17?,18-,21-,22+,23+,25-,26-,27+,28-/m1/s1. The fraction of sp³-hybridized carbons (Fsp3) is 0.857. The number of rotatable bonds is 5. The normalized spacial score (nSPS) is 53.5. The van der Waals surface area contributed by atoms with Crippen LogP contribution >= 0.6 is 0 Å². The smallest absolute Gasteiger partial charge is 0.332 e. The molecule has 1 N–H and O–H groups in total. The first-order chi connectivity index (χ1) is 15.4. The third-order valence-corrected chi connectivity index (χ3v) is 11.9. The molecular formula is C28H40O5. The molecular weight excluding hydrogens is 416 g/mol. The van der Waals surface area contributed by atoms with E-state index in [1.54, 1.807) is 0 Å². The Morgan fingerprint density at radius 2 is 1.82 bits per heavy atom. The molecule has 6 aliphatic rings. The minimum Gasteiger partial charge on any atom is -0.478 e. The average molecular weight is 457 g/mol. The molecule has 0 aromatic carbocycles. The highest BCUT2D eigenvalue weighted by atomic mass is 16.6. The summed E-state index contributed by atoms with van der Waals surface area (Å²) in [6.07, 6.45) is 7.86. The van der Waals surface area contributed by atoms with Crippen LogP contribution in [-0.2, 0) is 19.1 Å². The van der Waals surface area contributed by atoms with Crippen molar-refractivity contribution >= 4 is 11.8 Å². The Bertz CT molecular complexity index is 954. The van der Waals surface area contributed by atoms with Crippen molar-refractivity contribution in [2.75, 3.05) is 0 Å². The Labute approximate surface area is 197 Å². The predicted molar refractivity (Wildman–Crippen MR) is 123 cm³/mol. The van der Waals surface area contributed by atoms with E-state index >= 15 is 0 Å². The van der Waals surface area contributed by atoms with E-state index in [0.717, 1.165) is 32.1 Å². The lowest BCUT2D eigenvalue weighted by Crippen LogP contribution is -2.59. The van der Waals surface area contributed by atoms with E-state index in [0.29, 0.717) is 47.9 Å². The summed E-state index contributed by atoms with van der Waals surface area (Å²) in [6.45, 7) is 13.8. The second-order valence-electron chi connectivity index (χ2n) is 13.3. The van der Waals surface area contributed by atoms with Gasteiger partial charge in [0.15, 0.2) is 5.78 Å². The Balaban J connectivity index is 1.31. The lowest BCUT2D eigenvalue weighted by atomic mass is 9.44. The maximum absolute atomic E-state index is 12.9. The number of carbonyl (C=O) groups is 2. The molecule has 0 aromatic rings. The number of carboxylic acids is 1. The highest BCUT2D eigenvalue weighted by Gasteiger charge is 2.87. The number of aliphatic carboxylic acids is 1. The van der Waals surface area contributed by atoms with Crippen LogP contribution in [0.15, 0.2) is 11.6 Å². The monoisotopic (exact) mass is 456 g/mol. The average Bonchev–Trinajstić information content (AvgIpc) is 3.62. The van der Waals surface area contributed by atoms with Crippen molar-refractivity contribution in [3.63, 3.8) is 0 Å². The lowest BCUT2D eigenvalue weighted by molar-refractivity contribution is -0.139. The van der Waals surface area contributed by atoms with E-state index in [2.05, 4.69) is 41.5 Å². The van der Waals surface area contributed by atoms with Crippen molar-refractivity contribution < 1.29 is 24.2 Å². The van der Waals surface area contributed by atoms with Gasteiger partial charge in [0.05, 0.1) is 12.2 Å². The van der Waals surface area contributed by atoms with Gasteiger partial charge in [0.1, 0.15) is 11.2 Å². The van der Waals surface area contributed by atoms with Gasteiger partial charge >= 0.3 is 5.97 Å². The first-order valence-electron chi connectivity index (χ1n) is 13.3. The molecule has 3 saturated carbocycles. The van der Waals surface area contributed by atoms with Gasteiger partial charge in [-0.2, -0.15) is 0 Å². The van der Waals surface area contributed by atoms with Crippen LogP contribution in [0.25, 0.3) is 0 Å². The summed E-state index contributed by atoms with van der Waals surface area (Å²) in [6, 6.07) is 0. The van der Waals surface area contributed by atoms with Crippen LogP contribution in [0.2, 0.25) is 0 Å². The summed E-state index contributed by atoms with van der Waals surface area (Å²) in [7, 11) is 0. The van der Waals surface area contributed by atoms with Crippen molar-refractivity contribution in [3.8, 4) is 0 Å². The van der Waals surface area contributed by atoms with E-state index in [4.69, 9.17) is 9.47 Å². The molecule has 2 heterocycles. The molecule has 4 aliphatic carbocycles. The van der Waals surface area contributed by atoms with Crippen molar-refractivity contribution in [2.45, 2.75) is 103 Å². The van der Waals surface area contributed by atoms with Gasteiger partial charge in [-0.3, -0.25) is 4.79 Å². The zero-order chi connectivity index (χ0) is 23.7. The summed E-state index contributed by atoms with van der Waals surface area (Å²) >= 11 is 0. The molecule has 5 nitrogen and oxygen atoms in total. The van der Waals surface area contributed by atoms with Gasteiger partial charge in [-0.25, -0.2) is 4.79 Å². The van der Waals surface area contributed by atoms with Crippen LogP contribution in [0.3, 0.4) is 0 Å². The number of allylic oxidation sites excluding steroid dienone is 1. The minimum atomic E-state index is -0.932. The molecule has 2 saturated heterocycles. The summed E-state index contributed by atoms with van der Waals surface area (Å²) in [5.74, 6) is 1.39. The Kier molecular flexibility index (Phi) is 4.40. The van der Waals surface area contributed by atoms with E-state index < -0.39 is 11.4 Å². The molecule has 33 heavy (non-hydrogen) atoms. The number of carboxylic acid groups (broad SMARTS) is 1. The molecule has 11 atom stereocenters. The number of hydrogen-bond acceptors (Lipinski definition) is 4. The highest BCUT2D eigenvalue weighted by molar-refractivity contribution is 6.02. The maximum atomic E-state index is 12.9. The van der Waals surface area contributed by atoms with Crippen molar-refractivity contribution in [3.05, 3.63) is 11.6 Å². The minimum absolute atomic E-state index is 0.00423. The third-order valence-electron chi connectivity index (χ3n) is 11.9. The van der Waals surface area contributed by atoms with Crippen molar-refractivity contribution in [2.24, 2.45) is 46.3 Å². The second-order valence-corrected chi connectivity index (χ2v) is 13.3. The largest absolute Gasteiger partial charge is 0.478 e. The van der Waals surface area contributed by atoms with Crippen LogP contribution in [0.4, 0.5) is 0 Å². The summed E-state index contributed by atoms with van der Waals surface area (Å²) in [5.41, 5.74) is -0.613. The van der Waals surface area contributed by atoms with Crippen LogP contribution in [0.1, 0.15) is 80.1 Å². The van der Waals surface area contributed by atoms with E-state index in [9.17, 15) is 14.7 Å². The van der Waals surface area contributed by atoms with Crippen molar-refractivity contribution in [1.82, 2.24) is 0 Å². The number of fused-ring (bicyclic) bond motifs is 3. The predicted octanol–water partition coefficient (Wildman–Crippen LogP) is 5.03. The molecule has 0 amide bonds. The molecule has 5 heteroatoms. The number of carbonyl (C=O) groups excluding carboxylic acids is 1. The zero-order valence-corrected chi connectivity index (χ0v) is 21.0. The SMILES string of the molecule is CC(C)[C@@H](C)[C@@H]1O[C@H]1[C@@H](C)[C@H]1CC[C@]23O[C@]24CC2C[C@](C)(C(C(=O)O)=CC2=O)[C@H]4CC[C@]13C. The number of ketones is 1. The van der Waals surface area contributed by atoms with Crippen LogP contribution in [-0.4, -0.2) is 40.3 Å². The van der Waals surface area contributed by atoms with Gasteiger partial charge < -0.3 is 14.6 Å². The second kappa shape index (κ2) is 6.51. The van der Waals surface area contributed by atoms with Gasteiger partial charge in [0.2, 0.25) is 0 Å². The van der Waals surface area contributed by atoms with Gasteiger partial charge in [-0.1, -0.05) is 41.5 Å². The van der Waals surface area contributed by atoms with Crippen LogP contribution in [0, 0.1) is 46.3 Å².